The highest BCUT2D eigenvalue weighted by atomic mass is 16.3. The fourth-order valence-corrected chi connectivity index (χ4v) is 7.02. The van der Waals surface area contributed by atoms with Crippen LogP contribution < -0.4 is 5.32 Å². The molecule has 0 aromatic rings. The average molecular weight is 746 g/mol. The minimum atomic E-state index is -1.11. The van der Waals surface area contributed by atoms with E-state index in [0.29, 0.717) is 6.42 Å². The van der Waals surface area contributed by atoms with E-state index in [-0.39, 0.29) is 6.61 Å². The molecule has 53 heavy (non-hydrogen) atoms. The number of hydrogen-bond donors (Lipinski definition) is 4. The molecule has 0 saturated carbocycles. The zero-order chi connectivity index (χ0) is 38.7. The second kappa shape index (κ2) is 43.3. The number of aliphatic hydroxyl groups excluding tert-OH is 3. The molecule has 0 aromatic carbocycles. The molecule has 0 aliphatic rings. The third-order valence-electron chi connectivity index (χ3n) is 10.7. The van der Waals surface area contributed by atoms with E-state index in [0.717, 1.165) is 38.5 Å². The highest BCUT2D eigenvalue weighted by Crippen LogP contribution is 2.15. The van der Waals surface area contributed by atoms with Gasteiger partial charge in [0.2, 0.25) is 5.91 Å². The number of aliphatic hydroxyl groups is 3. The summed E-state index contributed by atoms with van der Waals surface area (Å²) in [6, 6.07) is -0.816. The van der Waals surface area contributed by atoms with Crippen molar-refractivity contribution in [2.24, 2.45) is 0 Å². The first-order valence-corrected chi connectivity index (χ1v) is 23.3. The fraction of sp³-hybridized carbons (Fsp3) is 0.854. The van der Waals surface area contributed by atoms with Crippen molar-refractivity contribution in [1.82, 2.24) is 5.32 Å². The van der Waals surface area contributed by atoms with Gasteiger partial charge in [0.1, 0.15) is 6.10 Å². The Morgan fingerprint density at radius 3 is 1.15 bits per heavy atom. The quantitative estimate of drug-likeness (QED) is 0.0370. The third-order valence-corrected chi connectivity index (χ3v) is 10.7. The van der Waals surface area contributed by atoms with Gasteiger partial charge in [0.05, 0.1) is 18.8 Å². The van der Waals surface area contributed by atoms with Crippen LogP contribution in [0.25, 0.3) is 0 Å². The van der Waals surface area contributed by atoms with E-state index in [9.17, 15) is 20.1 Å². The minimum absolute atomic E-state index is 0.378. The number of unbranched alkanes of at least 4 members (excludes halogenated alkanes) is 30. The van der Waals surface area contributed by atoms with Gasteiger partial charge in [-0.3, -0.25) is 4.79 Å². The fourth-order valence-electron chi connectivity index (χ4n) is 7.02. The molecular formula is C48H91NO4. The Kier molecular flexibility index (Phi) is 42.1. The minimum Gasteiger partial charge on any atom is -0.394 e. The van der Waals surface area contributed by atoms with Crippen LogP contribution in [0.5, 0.6) is 0 Å². The maximum Gasteiger partial charge on any atom is 0.249 e. The molecule has 4 N–H and O–H groups in total. The molecule has 5 heteroatoms. The molecule has 0 heterocycles. The normalized spacial score (nSPS) is 13.8. The van der Waals surface area contributed by atoms with Gasteiger partial charge in [0.15, 0.2) is 0 Å². The number of hydrogen-bond acceptors (Lipinski definition) is 4. The lowest BCUT2D eigenvalue weighted by Crippen LogP contribution is -2.48. The van der Waals surface area contributed by atoms with E-state index in [2.05, 4.69) is 43.5 Å². The van der Waals surface area contributed by atoms with Gasteiger partial charge in [-0.25, -0.2) is 0 Å². The van der Waals surface area contributed by atoms with Crippen LogP contribution in [0.3, 0.4) is 0 Å². The number of carbonyl (C=O) groups is 1. The predicted molar refractivity (Wildman–Crippen MR) is 231 cm³/mol. The van der Waals surface area contributed by atoms with Crippen molar-refractivity contribution in [3.8, 4) is 0 Å². The molecule has 0 aliphatic heterocycles. The maximum atomic E-state index is 12.5. The van der Waals surface area contributed by atoms with Crippen LogP contribution in [-0.4, -0.2) is 46.1 Å². The molecular weight excluding hydrogens is 655 g/mol. The number of carbonyl (C=O) groups excluding carboxylic acids is 1. The van der Waals surface area contributed by atoms with E-state index in [1.54, 1.807) is 6.08 Å². The Morgan fingerprint density at radius 1 is 0.453 bits per heavy atom. The van der Waals surface area contributed by atoms with E-state index in [1.807, 2.05) is 6.08 Å². The van der Waals surface area contributed by atoms with Crippen molar-refractivity contribution in [2.45, 2.75) is 257 Å². The largest absolute Gasteiger partial charge is 0.394 e. The van der Waals surface area contributed by atoms with Gasteiger partial charge in [-0.15, -0.1) is 0 Å². The summed E-state index contributed by atoms with van der Waals surface area (Å²) in [6.07, 6.45) is 54.7. The Balaban J connectivity index is 3.69. The smallest absolute Gasteiger partial charge is 0.249 e. The summed E-state index contributed by atoms with van der Waals surface area (Å²) >= 11 is 0. The molecule has 5 nitrogen and oxygen atoms in total. The highest BCUT2D eigenvalue weighted by molar-refractivity contribution is 5.80. The highest BCUT2D eigenvalue weighted by Gasteiger charge is 2.22. The summed E-state index contributed by atoms with van der Waals surface area (Å²) in [5.41, 5.74) is 0. The second-order valence-corrected chi connectivity index (χ2v) is 16.0. The Labute approximate surface area is 330 Å². The predicted octanol–water partition coefficient (Wildman–Crippen LogP) is 13.5. The number of amides is 1. The molecule has 0 radical (unpaired) electrons. The third kappa shape index (κ3) is 38.6. The first-order valence-electron chi connectivity index (χ1n) is 23.3. The summed E-state index contributed by atoms with van der Waals surface area (Å²) < 4.78 is 0. The second-order valence-electron chi connectivity index (χ2n) is 16.0. The van der Waals surface area contributed by atoms with Crippen LogP contribution in [0.1, 0.15) is 239 Å². The van der Waals surface area contributed by atoms with Crippen LogP contribution >= 0.6 is 0 Å². The average Bonchev–Trinajstić information content (AvgIpc) is 3.16. The Morgan fingerprint density at radius 2 is 0.774 bits per heavy atom. The van der Waals surface area contributed by atoms with Crippen molar-refractivity contribution in [3.05, 3.63) is 36.5 Å². The zero-order valence-corrected chi connectivity index (χ0v) is 35.4. The number of rotatable bonds is 42. The van der Waals surface area contributed by atoms with E-state index in [4.69, 9.17) is 0 Å². The van der Waals surface area contributed by atoms with E-state index in [1.165, 1.54) is 180 Å². The van der Waals surface area contributed by atoms with Crippen LogP contribution in [-0.2, 0) is 4.79 Å². The summed E-state index contributed by atoms with van der Waals surface area (Å²) in [6.45, 7) is 4.18. The van der Waals surface area contributed by atoms with Gasteiger partial charge >= 0.3 is 0 Å². The summed E-state index contributed by atoms with van der Waals surface area (Å²) in [7, 11) is 0. The first-order chi connectivity index (χ1) is 26.1. The van der Waals surface area contributed by atoms with Crippen molar-refractivity contribution in [1.29, 1.82) is 0 Å². The maximum absolute atomic E-state index is 12.5. The van der Waals surface area contributed by atoms with Crippen molar-refractivity contribution >= 4 is 5.91 Å². The molecule has 3 atom stereocenters. The molecule has 0 aliphatic carbocycles. The van der Waals surface area contributed by atoms with Crippen molar-refractivity contribution in [2.75, 3.05) is 6.61 Å². The molecule has 0 aromatic heterocycles. The molecule has 0 bridgehead atoms. The first kappa shape index (κ1) is 51.6. The standard InChI is InChI=1S/C48H91NO4/c1-3-5-7-9-11-13-15-17-19-21-22-23-24-25-27-29-31-33-35-37-39-41-43-47(52)48(53)49-45(44-50)46(51)42-40-38-36-34-32-30-28-26-20-18-16-14-12-10-8-6-4-2/h25,27,32,34,40,42,45-47,50-52H,3-24,26,28-31,33,35-39,41,43-44H2,1-2H3,(H,49,53)/b27-25-,34-32+,42-40+. The van der Waals surface area contributed by atoms with E-state index < -0.39 is 24.2 Å². The molecule has 0 spiro atoms. The van der Waals surface area contributed by atoms with Gasteiger partial charge in [-0.1, -0.05) is 217 Å². The molecule has 1 amide bonds. The van der Waals surface area contributed by atoms with Gasteiger partial charge in [-0.2, -0.15) is 0 Å². The van der Waals surface area contributed by atoms with Crippen LogP contribution in [0.4, 0.5) is 0 Å². The van der Waals surface area contributed by atoms with E-state index >= 15 is 0 Å². The number of allylic oxidation sites excluding steroid dienone is 5. The molecule has 0 fully saturated rings. The Bertz CT molecular complexity index is 824. The topological polar surface area (TPSA) is 89.8 Å². The van der Waals surface area contributed by atoms with Crippen LogP contribution in [0, 0.1) is 0 Å². The van der Waals surface area contributed by atoms with Gasteiger partial charge in [-0.05, 0) is 57.8 Å². The zero-order valence-electron chi connectivity index (χ0n) is 35.4. The van der Waals surface area contributed by atoms with Gasteiger partial charge < -0.3 is 20.6 Å². The lowest BCUT2D eigenvalue weighted by molar-refractivity contribution is -0.131. The van der Waals surface area contributed by atoms with Crippen molar-refractivity contribution < 1.29 is 20.1 Å². The lowest BCUT2D eigenvalue weighted by Gasteiger charge is -2.21. The molecule has 0 saturated heterocycles. The van der Waals surface area contributed by atoms with Gasteiger partial charge in [0, 0.05) is 0 Å². The summed E-state index contributed by atoms with van der Waals surface area (Å²) in [5.74, 6) is -0.517. The number of nitrogens with one attached hydrogen (secondary N) is 1. The summed E-state index contributed by atoms with van der Waals surface area (Å²) in [5, 5.41) is 33.1. The van der Waals surface area contributed by atoms with Crippen molar-refractivity contribution in [3.63, 3.8) is 0 Å². The molecule has 312 valence electrons. The van der Waals surface area contributed by atoms with Crippen LogP contribution in [0.15, 0.2) is 36.5 Å². The SMILES string of the molecule is CCCCCCCCCCCCC/C=C/CC/C=C/C(O)C(CO)NC(=O)C(O)CCCCCCCC/C=C\CCCCCCCCCCCCCC. The lowest BCUT2D eigenvalue weighted by atomic mass is 10.0. The monoisotopic (exact) mass is 746 g/mol. The van der Waals surface area contributed by atoms with Gasteiger partial charge in [0.25, 0.3) is 0 Å². The van der Waals surface area contributed by atoms with Crippen LogP contribution in [0.2, 0.25) is 0 Å². The molecule has 3 unspecified atom stereocenters. The Hall–Kier alpha value is -1.43. The molecule has 0 rings (SSSR count). The summed E-state index contributed by atoms with van der Waals surface area (Å²) in [4.78, 5) is 12.5.